The van der Waals surface area contributed by atoms with E-state index in [0.717, 1.165) is 22.8 Å². The van der Waals surface area contributed by atoms with Gasteiger partial charge >= 0.3 is 5.97 Å². The molecule has 0 aromatic heterocycles. The molecule has 0 saturated carbocycles. The normalized spacial score (nSPS) is 13.6. The van der Waals surface area contributed by atoms with Crippen LogP contribution in [0.2, 0.25) is 0 Å². The van der Waals surface area contributed by atoms with Gasteiger partial charge in [0.15, 0.2) is 0 Å². The monoisotopic (exact) mass is 324 g/mol. The van der Waals surface area contributed by atoms with Crippen molar-refractivity contribution >= 4 is 23.3 Å². The highest BCUT2D eigenvalue weighted by molar-refractivity contribution is 6.05. The van der Waals surface area contributed by atoms with E-state index in [0.29, 0.717) is 6.54 Å². The number of anilines is 2. The zero-order valence-corrected chi connectivity index (χ0v) is 13.0. The van der Waals surface area contributed by atoms with Crippen molar-refractivity contribution in [3.05, 3.63) is 65.9 Å². The second-order valence-electron chi connectivity index (χ2n) is 5.30. The Morgan fingerprint density at radius 1 is 1.12 bits per heavy atom. The summed E-state index contributed by atoms with van der Waals surface area (Å²) >= 11 is 0. The maximum atomic E-state index is 12.2. The van der Waals surface area contributed by atoms with E-state index >= 15 is 0 Å². The number of hydrogen-bond donors (Lipinski definition) is 2. The number of carbonyl (C=O) groups excluding carboxylic acids is 1. The van der Waals surface area contributed by atoms with Crippen LogP contribution in [0.5, 0.6) is 5.75 Å². The fourth-order valence-electron chi connectivity index (χ4n) is 2.46. The summed E-state index contributed by atoms with van der Waals surface area (Å²) in [6, 6.07) is 13.6. The van der Waals surface area contributed by atoms with Crippen molar-refractivity contribution in [3.63, 3.8) is 0 Å². The van der Waals surface area contributed by atoms with Gasteiger partial charge in [-0.1, -0.05) is 0 Å². The highest BCUT2D eigenvalue weighted by Gasteiger charge is 2.23. The zero-order chi connectivity index (χ0) is 17.1. The second kappa shape index (κ2) is 6.45. The van der Waals surface area contributed by atoms with Crippen LogP contribution >= 0.6 is 0 Å². The Kier molecular flexibility index (Phi) is 4.20. The number of rotatable bonds is 5. The predicted octanol–water partition coefficient (Wildman–Crippen LogP) is 2.74. The third kappa shape index (κ3) is 3.22. The van der Waals surface area contributed by atoms with Crippen LogP contribution in [-0.4, -0.2) is 30.6 Å². The first-order valence-corrected chi connectivity index (χ1v) is 7.33. The molecule has 6 nitrogen and oxygen atoms in total. The Labute approximate surface area is 139 Å². The molecule has 2 N–H and O–H groups in total. The maximum Gasteiger partial charge on any atom is 0.335 e. The lowest BCUT2D eigenvalue weighted by atomic mass is 10.2. The van der Waals surface area contributed by atoms with E-state index in [9.17, 15) is 9.59 Å². The molecule has 2 aromatic carbocycles. The van der Waals surface area contributed by atoms with E-state index < -0.39 is 5.97 Å². The molecule has 24 heavy (non-hydrogen) atoms. The fourth-order valence-corrected chi connectivity index (χ4v) is 2.46. The van der Waals surface area contributed by atoms with Gasteiger partial charge in [0, 0.05) is 23.1 Å². The molecule has 122 valence electrons. The summed E-state index contributed by atoms with van der Waals surface area (Å²) < 4.78 is 5.11. The molecule has 0 atom stereocenters. The molecule has 0 radical (unpaired) electrons. The standard InChI is InChI=1S/C18H16N2O4/c1-24-16-8-6-15(7-9-16)20-11-14(10-17(20)21)19-13-4-2-12(3-5-13)18(22)23/h2-10,19H,11H2,1H3,(H,22,23). The van der Waals surface area contributed by atoms with Crippen molar-refractivity contribution < 1.29 is 19.4 Å². The largest absolute Gasteiger partial charge is 0.497 e. The molecule has 3 rings (SSSR count). The minimum absolute atomic E-state index is 0.107. The number of benzene rings is 2. The van der Waals surface area contributed by atoms with E-state index in [1.807, 2.05) is 12.1 Å². The smallest absolute Gasteiger partial charge is 0.335 e. The number of hydrogen-bond acceptors (Lipinski definition) is 4. The van der Waals surface area contributed by atoms with Crippen LogP contribution in [0, 0.1) is 0 Å². The first-order chi connectivity index (χ1) is 11.6. The van der Waals surface area contributed by atoms with Gasteiger partial charge < -0.3 is 20.1 Å². The van der Waals surface area contributed by atoms with Crippen molar-refractivity contribution in [1.29, 1.82) is 0 Å². The average molecular weight is 324 g/mol. The van der Waals surface area contributed by atoms with Gasteiger partial charge in [-0.3, -0.25) is 4.79 Å². The van der Waals surface area contributed by atoms with Gasteiger partial charge in [-0.25, -0.2) is 4.79 Å². The Balaban J connectivity index is 1.69. The first-order valence-electron chi connectivity index (χ1n) is 7.33. The van der Waals surface area contributed by atoms with Crippen LogP contribution < -0.4 is 15.0 Å². The Hall–Kier alpha value is -3.28. The number of carbonyl (C=O) groups is 2. The topological polar surface area (TPSA) is 78.9 Å². The van der Waals surface area contributed by atoms with Crippen molar-refractivity contribution in [1.82, 2.24) is 0 Å². The fraction of sp³-hybridized carbons (Fsp3) is 0.111. The minimum Gasteiger partial charge on any atom is -0.497 e. The summed E-state index contributed by atoms with van der Waals surface area (Å²) in [5, 5.41) is 12.0. The third-order valence-corrected chi connectivity index (χ3v) is 3.71. The van der Waals surface area contributed by atoms with Crippen LogP contribution in [0.25, 0.3) is 0 Å². The molecule has 1 aliphatic heterocycles. The lowest BCUT2D eigenvalue weighted by molar-refractivity contribution is -0.113. The lowest BCUT2D eigenvalue weighted by Crippen LogP contribution is -2.25. The van der Waals surface area contributed by atoms with Gasteiger partial charge in [0.25, 0.3) is 5.91 Å². The molecule has 0 fully saturated rings. The number of amides is 1. The SMILES string of the molecule is COc1ccc(N2CC(Nc3ccc(C(=O)O)cc3)=CC2=O)cc1. The maximum absolute atomic E-state index is 12.2. The molecule has 0 bridgehead atoms. The van der Waals surface area contributed by atoms with E-state index in [2.05, 4.69) is 5.32 Å². The number of carboxylic acids is 1. The Bertz CT molecular complexity index is 795. The van der Waals surface area contributed by atoms with Crippen LogP contribution in [0.3, 0.4) is 0 Å². The van der Waals surface area contributed by atoms with E-state index in [1.165, 1.54) is 18.2 Å². The number of nitrogens with zero attached hydrogens (tertiary/aromatic N) is 1. The molecule has 0 aliphatic carbocycles. The average Bonchev–Trinajstić information content (AvgIpc) is 2.95. The third-order valence-electron chi connectivity index (χ3n) is 3.71. The quantitative estimate of drug-likeness (QED) is 0.884. The summed E-state index contributed by atoms with van der Waals surface area (Å²) in [5.41, 5.74) is 2.49. The van der Waals surface area contributed by atoms with E-state index in [1.54, 1.807) is 36.3 Å². The van der Waals surface area contributed by atoms with Crippen LogP contribution in [-0.2, 0) is 4.79 Å². The summed E-state index contributed by atoms with van der Waals surface area (Å²) in [4.78, 5) is 24.7. The van der Waals surface area contributed by atoms with Crippen LogP contribution in [0.4, 0.5) is 11.4 Å². The second-order valence-corrected chi connectivity index (χ2v) is 5.30. The van der Waals surface area contributed by atoms with Gasteiger partial charge in [0.2, 0.25) is 0 Å². The lowest BCUT2D eigenvalue weighted by Gasteiger charge is -2.17. The highest BCUT2D eigenvalue weighted by atomic mass is 16.5. The number of methoxy groups -OCH3 is 1. The summed E-state index contributed by atoms with van der Waals surface area (Å²) in [6.07, 6.45) is 1.54. The molecule has 0 unspecified atom stereocenters. The number of aromatic carboxylic acids is 1. The van der Waals surface area contributed by atoms with Gasteiger partial charge in [-0.15, -0.1) is 0 Å². The summed E-state index contributed by atoms with van der Waals surface area (Å²) in [6.45, 7) is 0.422. The minimum atomic E-state index is -0.970. The molecule has 1 aliphatic rings. The van der Waals surface area contributed by atoms with Gasteiger partial charge in [0.05, 0.1) is 19.2 Å². The Morgan fingerprint density at radius 2 is 1.79 bits per heavy atom. The van der Waals surface area contributed by atoms with Gasteiger partial charge in [-0.05, 0) is 48.5 Å². The van der Waals surface area contributed by atoms with Gasteiger partial charge in [-0.2, -0.15) is 0 Å². The number of ether oxygens (including phenoxy) is 1. The highest BCUT2D eigenvalue weighted by Crippen LogP contribution is 2.24. The first kappa shape index (κ1) is 15.6. The summed E-state index contributed by atoms with van der Waals surface area (Å²) in [5.74, 6) is -0.345. The molecule has 1 amide bonds. The predicted molar refractivity (Wildman–Crippen MR) is 90.5 cm³/mol. The Morgan fingerprint density at radius 3 is 2.38 bits per heavy atom. The molecular formula is C18H16N2O4. The van der Waals surface area contributed by atoms with E-state index in [4.69, 9.17) is 9.84 Å². The van der Waals surface area contributed by atoms with Gasteiger partial charge in [0.1, 0.15) is 5.75 Å². The number of nitrogens with one attached hydrogen (secondary N) is 1. The van der Waals surface area contributed by atoms with Crippen LogP contribution in [0.15, 0.2) is 60.3 Å². The van der Waals surface area contributed by atoms with Crippen molar-refractivity contribution in [2.45, 2.75) is 0 Å². The molecule has 1 heterocycles. The van der Waals surface area contributed by atoms with Crippen molar-refractivity contribution in [2.24, 2.45) is 0 Å². The van der Waals surface area contributed by atoms with Crippen molar-refractivity contribution in [2.75, 3.05) is 23.9 Å². The molecule has 2 aromatic rings. The molecule has 0 saturated heterocycles. The van der Waals surface area contributed by atoms with Crippen LogP contribution in [0.1, 0.15) is 10.4 Å². The summed E-state index contributed by atoms with van der Waals surface area (Å²) in [7, 11) is 1.59. The number of carboxylic acid groups (broad SMARTS) is 1. The van der Waals surface area contributed by atoms with Crippen molar-refractivity contribution in [3.8, 4) is 5.75 Å². The molecule has 0 spiro atoms. The molecule has 6 heteroatoms. The zero-order valence-electron chi connectivity index (χ0n) is 13.0. The van der Waals surface area contributed by atoms with E-state index in [-0.39, 0.29) is 11.5 Å². The molecular weight excluding hydrogens is 308 g/mol.